The van der Waals surface area contributed by atoms with E-state index in [4.69, 9.17) is 5.73 Å². The number of likely N-dealkylation sites (tertiary alicyclic amines) is 1. The van der Waals surface area contributed by atoms with Crippen LogP contribution in [0.1, 0.15) is 45.2 Å². The Kier molecular flexibility index (Phi) is 4.96. The van der Waals surface area contributed by atoms with E-state index in [0.29, 0.717) is 37.2 Å². The van der Waals surface area contributed by atoms with Crippen molar-refractivity contribution in [2.75, 3.05) is 13.1 Å². The van der Waals surface area contributed by atoms with E-state index in [2.05, 4.69) is 4.98 Å². The maximum Gasteiger partial charge on any atom is 0.254 e. The van der Waals surface area contributed by atoms with Crippen molar-refractivity contribution in [3.05, 3.63) is 77.0 Å². The molecule has 1 saturated heterocycles. The molecule has 0 saturated carbocycles. The molecule has 29 heavy (non-hydrogen) atoms. The van der Waals surface area contributed by atoms with Crippen LogP contribution in [-0.2, 0) is 0 Å². The van der Waals surface area contributed by atoms with Crippen LogP contribution in [0, 0.1) is 11.6 Å². The van der Waals surface area contributed by atoms with Crippen molar-refractivity contribution in [2.24, 2.45) is 5.73 Å². The van der Waals surface area contributed by atoms with Crippen LogP contribution < -0.4 is 5.73 Å². The van der Waals surface area contributed by atoms with E-state index < -0.39 is 23.4 Å². The van der Waals surface area contributed by atoms with Gasteiger partial charge in [0.1, 0.15) is 11.6 Å². The lowest BCUT2D eigenvalue weighted by Crippen LogP contribution is -2.38. The Morgan fingerprint density at radius 2 is 1.66 bits per heavy atom. The number of halogens is 2. The summed E-state index contributed by atoms with van der Waals surface area (Å²) in [5, 5.41) is 0.839. The third-order valence-electron chi connectivity index (χ3n) is 5.30. The molecule has 1 aliphatic heterocycles. The first kappa shape index (κ1) is 19.0. The minimum atomic E-state index is -0.783. The fourth-order valence-electron chi connectivity index (χ4n) is 3.86. The number of para-hydroxylation sites is 1. The minimum Gasteiger partial charge on any atom is -0.366 e. The van der Waals surface area contributed by atoms with E-state index in [1.807, 2.05) is 24.3 Å². The van der Waals surface area contributed by atoms with Crippen LogP contribution in [0.15, 0.2) is 48.5 Å². The summed E-state index contributed by atoms with van der Waals surface area (Å²) in [5.41, 5.74) is 7.37. The van der Waals surface area contributed by atoms with E-state index in [0.717, 1.165) is 29.1 Å². The molecule has 2 heterocycles. The molecule has 2 aromatic carbocycles. The highest BCUT2D eigenvalue weighted by molar-refractivity contribution is 5.98. The third-order valence-corrected chi connectivity index (χ3v) is 5.30. The summed E-state index contributed by atoms with van der Waals surface area (Å²) in [5.74, 6) is -2.55. The average molecular weight is 395 g/mol. The first-order valence-electron chi connectivity index (χ1n) is 9.37. The van der Waals surface area contributed by atoms with Crippen LogP contribution in [0.25, 0.3) is 10.9 Å². The summed E-state index contributed by atoms with van der Waals surface area (Å²) >= 11 is 0. The second-order valence-electron chi connectivity index (χ2n) is 7.20. The van der Waals surface area contributed by atoms with Gasteiger partial charge in [-0.1, -0.05) is 18.2 Å². The molecule has 7 heteroatoms. The molecule has 0 radical (unpaired) electrons. The molecule has 4 rings (SSSR count). The SMILES string of the molecule is NC(=O)c1cc2ccccc2nc1C1CCN(C(=O)c2cc(F)cc(F)c2)CC1. The first-order valence-corrected chi connectivity index (χ1v) is 9.37. The monoisotopic (exact) mass is 395 g/mol. The lowest BCUT2D eigenvalue weighted by atomic mass is 9.89. The van der Waals surface area contributed by atoms with Gasteiger partial charge >= 0.3 is 0 Å². The molecule has 0 atom stereocenters. The number of amides is 2. The number of nitrogens with zero attached hydrogens (tertiary/aromatic N) is 2. The van der Waals surface area contributed by atoms with Gasteiger partial charge in [0.05, 0.1) is 16.8 Å². The molecule has 3 aromatic rings. The number of carbonyl (C=O) groups excluding carboxylic acids is 2. The van der Waals surface area contributed by atoms with Crippen LogP contribution in [0.2, 0.25) is 0 Å². The number of hydrogen-bond acceptors (Lipinski definition) is 3. The minimum absolute atomic E-state index is 0.0115. The van der Waals surface area contributed by atoms with Gasteiger partial charge in [-0.15, -0.1) is 0 Å². The van der Waals surface area contributed by atoms with Crippen molar-refractivity contribution < 1.29 is 18.4 Å². The van der Waals surface area contributed by atoms with Crippen molar-refractivity contribution in [2.45, 2.75) is 18.8 Å². The highest BCUT2D eigenvalue weighted by Gasteiger charge is 2.28. The van der Waals surface area contributed by atoms with Crippen LogP contribution in [0.3, 0.4) is 0 Å². The molecule has 1 fully saturated rings. The van der Waals surface area contributed by atoms with Gasteiger partial charge in [0.2, 0.25) is 0 Å². The normalized spacial score (nSPS) is 14.9. The number of primary amides is 1. The number of nitrogens with two attached hydrogens (primary N) is 1. The van der Waals surface area contributed by atoms with E-state index in [1.54, 1.807) is 11.0 Å². The van der Waals surface area contributed by atoms with E-state index in [-0.39, 0.29) is 11.5 Å². The maximum absolute atomic E-state index is 13.4. The highest BCUT2D eigenvalue weighted by atomic mass is 19.1. The number of carbonyl (C=O) groups is 2. The molecule has 0 unspecified atom stereocenters. The van der Waals surface area contributed by atoms with Gasteiger partial charge in [-0.05, 0) is 37.1 Å². The Morgan fingerprint density at radius 1 is 1.00 bits per heavy atom. The zero-order chi connectivity index (χ0) is 20.5. The van der Waals surface area contributed by atoms with Gasteiger partial charge in [-0.3, -0.25) is 14.6 Å². The standard InChI is InChI=1S/C22H19F2N3O2/c23-16-9-15(10-17(24)12-16)22(29)27-7-5-13(6-8-27)20-18(21(25)28)11-14-3-1-2-4-19(14)26-20/h1-4,9-13H,5-8H2,(H2,25,28). The zero-order valence-corrected chi connectivity index (χ0v) is 15.6. The second-order valence-corrected chi connectivity index (χ2v) is 7.20. The molecule has 2 amide bonds. The molecule has 0 aliphatic carbocycles. The smallest absolute Gasteiger partial charge is 0.254 e. The quantitative estimate of drug-likeness (QED) is 0.736. The van der Waals surface area contributed by atoms with Crippen molar-refractivity contribution in [3.8, 4) is 0 Å². The van der Waals surface area contributed by atoms with Crippen LogP contribution in [0.4, 0.5) is 8.78 Å². The van der Waals surface area contributed by atoms with Gasteiger partial charge in [0.15, 0.2) is 0 Å². The lowest BCUT2D eigenvalue weighted by molar-refractivity contribution is 0.0710. The summed E-state index contributed by atoms with van der Waals surface area (Å²) in [6, 6.07) is 12.1. The summed E-state index contributed by atoms with van der Waals surface area (Å²) in [4.78, 5) is 30.8. The number of hydrogen-bond donors (Lipinski definition) is 1. The molecule has 0 spiro atoms. The molecular weight excluding hydrogens is 376 g/mol. The molecule has 0 bridgehead atoms. The first-order chi connectivity index (χ1) is 13.9. The Balaban J connectivity index is 1.56. The van der Waals surface area contributed by atoms with Crippen LogP contribution in [-0.4, -0.2) is 34.8 Å². The van der Waals surface area contributed by atoms with E-state index >= 15 is 0 Å². The summed E-state index contributed by atoms with van der Waals surface area (Å²) in [6.45, 7) is 0.794. The molecule has 5 nitrogen and oxygen atoms in total. The Hall–Kier alpha value is -3.35. The number of fused-ring (bicyclic) bond motifs is 1. The predicted octanol–water partition coefficient (Wildman–Crippen LogP) is 3.63. The number of rotatable bonds is 3. The van der Waals surface area contributed by atoms with Crippen molar-refractivity contribution in [1.82, 2.24) is 9.88 Å². The fourth-order valence-corrected chi connectivity index (χ4v) is 3.86. The van der Waals surface area contributed by atoms with Crippen LogP contribution in [0.5, 0.6) is 0 Å². The summed E-state index contributed by atoms with van der Waals surface area (Å²) < 4.78 is 26.8. The molecule has 1 aliphatic rings. The molecule has 148 valence electrons. The number of piperidine rings is 1. The molecule has 1 aromatic heterocycles. The fraction of sp³-hybridized carbons (Fsp3) is 0.227. The molecule has 2 N–H and O–H groups in total. The van der Waals surface area contributed by atoms with Gasteiger partial charge in [-0.2, -0.15) is 0 Å². The Morgan fingerprint density at radius 3 is 2.31 bits per heavy atom. The zero-order valence-electron chi connectivity index (χ0n) is 15.6. The van der Waals surface area contributed by atoms with Gasteiger partial charge in [0, 0.05) is 36.0 Å². The Labute approximate surface area is 166 Å². The third kappa shape index (κ3) is 3.81. The van der Waals surface area contributed by atoms with Gasteiger partial charge in [-0.25, -0.2) is 8.78 Å². The topological polar surface area (TPSA) is 76.3 Å². The van der Waals surface area contributed by atoms with Crippen molar-refractivity contribution in [3.63, 3.8) is 0 Å². The maximum atomic E-state index is 13.4. The lowest BCUT2D eigenvalue weighted by Gasteiger charge is -2.32. The summed E-state index contributed by atoms with van der Waals surface area (Å²) in [6.07, 6.45) is 1.16. The van der Waals surface area contributed by atoms with Crippen molar-refractivity contribution >= 4 is 22.7 Å². The molecular formula is C22H19F2N3O2. The summed E-state index contributed by atoms with van der Waals surface area (Å²) in [7, 11) is 0. The van der Waals surface area contributed by atoms with Gasteiger partial charge in [0.25, 0.3) is 11.8 Å². The highest BCUT2D eigenvalue weighted by Crippen LogP contribution is 2.31. The average Bonchev–Trinajstić information content (AvgIpc) is 2.71. The predicted molar refractivity (Wildman–Crippen MR) is 104 cm³/mol. The van der Waals surface area contributed by atoms with E-state index in [9.17, 15) is 18.4 Å². The number of pyridine rings is 1. The van der Waals surface area contributed by atoms with Crippen LogP contribution >= 0.6 is 0 Å². The van der Waals surface area contributed by atoms with Crippen molar-refractivity contribution in [1.29, 1.82) is 0 Å². The van der Waals surface area contributed by atoms with E-state index in [1.165, 1.54) is 0 Å². The van der Waals surface area contributed by atoms with Gasteiger partial charge < -0.3 is 10.6 Å². The second kappa shape index (κ2) is 7.58. The largest absolute Gasteiger partial charge is 0.366 e. The number of aromatic nitrogens is 1. The number of benzene rings is 2. The Bertz CT molecular complexity index is 1090.